The number of aromatic nitrogens is 2. The molecule has 0 spiro atoms. The summed E-state index contributed by atoms with van der Waals surface area (Å²) in [6.07, 6.45) is 5.66. The van der Waals surface area contributed by atoms with Gasteiger partial charge in [-0.2, -0.15) is 0 Å². The lowest BCUT2D eigenvalue weighted by atomic mass is 10.2. The highest BCUT2D eigenvalue weighted by molar-refractivity contribution is 8.00. The summed E-state index contributed by atoms with van der Waals surface area (Å²) < 4.78 is 8.55. The number of aromatic amines is 1. The third kappa shape index (κ3) is 4.33. The molecule has 0 radical (unpaired) electrons. The van der Waals surface area contributed by atoms with E-state index in [4.69, 9.17) is 4.43 Å². The second-order valence-corrected chi connectivity index (χ2v) is 14.6. The molecule has 1 aromatic heterocycles. The molecule has 5 nitrogen and oxygen atoms in total. The molecule has 166 valence electrons. The molecule has 1 N–H and O–H groups in total. The molecule has 3 aromatic rings. The van der Waals surface area contributed by atoms with Crippen molar-refractivity contribution in [1.29, 1.82) is 0 Å². The Bertz CT molecular complexity index is 1160. The van der Waals surface area contributed by atoms with Gasteiger partial charge in [-0.1, -0.05) is 93.6 Å². The number of rotatable bonds is 6. The molecule has 1 aliphatic heterocycles. The molecule has 32 heavy (non-hydrogen) atoms. The van der Waals surface area contributed by atoms with Crippen molar-refractivity contribution < 1.29 is 4.43 Å². The number of nitrogens with one attached hydrogen (secondary N) is 1. The standard InChI is InChI=1S/C25H28N2O3SSi/c1-25(2,3)32(20-10-6-4-7-11-20,21-12-8-5-9-13-21)30-18-19-14-15-23(31-19)27-17-16-22(28)26-24(27)29/h4-17,19,23H,18H2,1-3H3,(H,26,28,29)/t19-,23+/m0/s1. The molecule has 0 unspecified atom stereocenters. The van der Waals surface area contributed by atoms with Gasteiger partial charge in [0.1, 0.15) is 5.37 Å². The van der Waals surface area contributed by atoms with Gasteiger partial charge in [0.05, 0.1) is 6.61 Å². The summed E-state index contributed by atoms with van der Waals surface area (Å²) in [6.45, 7) is 7.33. The fraction of sp³-hybridized carbons (Fsp3) is 0.280. The van der Waals surface area contributed by atoms with Crippen LogP contribution in [-0.2, 0) is 4.43 Å². The van der Waals surface area contributed by atoms with Crippen LogP contribution in [0, 0.1) is 0 Å². The Morgan fingerprint density at radius 3 is 2.06 bits per heavy atom. The molecular formula is C25H28N2O3SSi. The van der Waals surface area contributed by atoms with Crippen LogP contribution in [0.3, 0.4) is 0 Å². The van der Waals surface area contributed by atoms with Gasteiger partial charge in [-0.15, -0.1) is 11.8 Å². The molecule has 0 fully saturated rings. The maximum absolute atomic E-state index is 12.2. The van der Waals surface area contributed by atoms with Crippen LogP contribution in [0.4, 0.5) is 0 Å². The average Bonchev–Trinajstić information content (AvgIpc) is 3.23. The number of hydrogen-bond acceptors (Lipinski definition) is 4. The van der Waals surface area contributed by atoms with Crippen molar-refractivity contribution in [2.45, 2.75) is 36.4 Å². The minimum absolute atomic E-state index is 0.0854. The van der Waals surface area contributed by atoms with Crippen LogP contribution in [0.25, 0.3) is 0 Å². The third-order valence-electron chi connectivity index (χ3n) is 5.81. The van der Waals surface area contributed by atoms with Crippen LogP contribution in [0.1, 0.15) is 26.1 Å². The van der Waals surface area contributed by atoms with E-state index in [0.29, 0.717) is 6.61 Å². The predicted octanol–water partition coefficient (Wildman–Crippen LogP) is 3.28. The highest BCUT2D eigenvalue weighted by atomic mass is 32.2. The van der Waals surface area contributed by atoms with Crippen LogP contribution in [-0.4, -0.2) is 29.7 Å². The molecule has 1 aliphatic rings. The lowest BCUT2D eigenvalue weighted by Gasteiger charge is -2.43. The molecule has 2 aromatic carbocycles. The van der Waals surface area contributed by atoms with Crippen molar-refractivity contribution in [2.75, 3.05) is 6.61 Å². The zero-order valence-corrected chi connectivity index (χ0v) is 20.3. The molecule has 7 heteroatoms. The van der Waals surface area contributed by atoms with Crippen molar-refractivity contribution in [3.05, 3.63) is 106 Å². The Hall–Kier alpha value is -2.61. The summed E-state index contributed by atoms with van der Waals surface area (Å²) >= 11 is 1.65. The molecule has 0 aliphatic carbocycles. The van der Waals surface area contributed by atoms with E-state index in [1.807, 2.05) is 18.2 Å². The Morgan fingerprint density at radius 2 is 1.53 bits per heavy atom. The molecule has 0 bridgehead atoms. The number of H-pyrrole nitrogens is 1. The van der Waals surface area contributed by atoms with Crippen molar-refractivity contribution in [3.8, 4) is 0 Å². The predicted molar refractivity (Wildman–Crippen MR) is 134 cm³/mol. The monoisotopic (exact) mass is 464 g/mol. The number of nitrogens with zero attached hydrogens (tertiary/aromatic N) is 1. The van der Waals surface area contributed by atoms with Crippen molar-refractivity contribution in [3.63, 3.8) is 0 Å². The number of thioether (sulfide) groups is 1. The summed E-state index contributed by atoms with van der Waals surface area (Å²) in [6, 6.07) is 22.5. The van der Waals surface area contributed by atoms with Crippen molar-refractivity contribution >= 4 is 30.5 Å². The van der Waals surface area contributed by atoms with E-state index in [0.717, 1.165) is 0 Å². The summed E-state index contributed by atoms with van der Waals surface area (Å²) in [4.78, 5) is 25.9. The average molecular weight is 465 g/mol. The molecule has 2 atom stereocenters. The van der Waals surface area contributed by atoms with Gasteiger partial charge < -0.3 is 4.43 Å². The van der Waals surface area contributed by atoms with E-state index in [2.05, 4.69) is 80.4 Å². The van der Waals surface area contributed by atoms with Crippen LogP contribution >= 0.6 is 11.8 Å². The van der Waals surface area contributed by atoms with E-state index in [1.54, 1.807) is 22.5 Å². The van der Waals surface area contributed by atoms with Gasteiger partial charge in [-0.25, -0.2) is 4.79 Å². The lowest BCUT2D eigenvalue weighted by molar-refractivity contribution is 0.309. The first-order valence-electron chi connectivity index (χ1n) is 10.7. The number of hydrogen-bond donors (Lipinski definition) is 1. The van der Waals surface area contributed by atoms with Gasteiger partial charge in [0.2, 0.25) is 0 Å². The lowest BCUT2D eigenvalue weighted by Crippen LogP contribution is -2.67. The van der Waals surface area contributed by atoms with Crippen LogP contribution in [0.2, 0.25) is 5.04 Å². The van der Waals surface area contributed by atoms with E-state index < -0.39 is 14.0 Å². The summed E-state index contributed by atoms with van der Waals surface area (Å²) in [5, 5.41) is 2.36. The Labute approximate surface area is 193 Å². The molecule has 0 saturated heterocycles. The summed E-state index contributed by atoms with van der Waals surface area (Å²) in [5.41, 5.74) is -0.780. The Kier molecular flexibility index (Phi) is 6.42. The normalized spacial score (nSPS) is 18.7. The molecular weight excluding hydrogens is 436 g/mol. The van der Waals surface area contributed by atoms with Gasteiger partial charge in [-0.3, -0.25) is 14.3 Å². The molecule has 2 heterocycles. The smallest absolute Gasteiger partial charge is 0.329 e. The van der Waals surface area contributed by atoms with E-state index in [1.165, 1.54) is 16.4 Å². The zero-order chi connectivity index (χ0) is 22.8. The van der Waals surface area contributed by atoms with E-state index in [-0.39, 0.29) is 21.2 Å². The topological polar surface area (TPSA) is 64.1 Å². The fourth-order valence-corrected chi connectivity index (χ4v) is 10.2. The minimum atomic E-state index is -2.60. The van der Waals surface area contributed by atoms with Gasteiger partial charge in [0.25, 0.3) is 13.9 Å². The fourth-order valence-electron chi connectivity index (χ4n) is 4.34. The maximum Gasteiger partial charge on any atom is 0.329 e. The first kappa shape index (κ1) is 22.6. The molecule has 0 saturated carbocycles. The highest BCUT2D eigenvalue weighted by Crippen LogP contribution is 2.39. The molecule has 0 amide bonds. The Balaban J connectivity index is 1.63. The first-order chi connectivity index (χ1) is 15.3. The van der Waals surface area contributed by atoms with E-state index in [9.17, 15) is 9.59 Å². The largest absolute Gasteiger partial charge is 0.406 e. The zero-order valence-electron chi connectivity index (χ0n) is 18.5. The van der Waals surface area contributed by atoms with Gasteiger partial charge in [0, 0.05) is 17.5 Å². The number of benzene rings is 2. The van der Waals surface area contributed by atoms with Gasteiger partial charge >= 0.3 is 5.69 Å². The minimum Gasteiger partial charge on any atom is -0.406 e. The second-order valence-electron chi connectivity index (χ2n) is 8.94. The second kappa shape index (κ2) is 9.09. The quantitative estimate of drug-likeness (QED) is 0.449. The van der Waals surface area contributed by atoms with Crippen LogP contribution in [0.15, 0.2) is 94.7 Å². The third-order valence-corrected chi connectivity index (χ3v) is 12.1. The Morgan fingerprint density at radius 1 is 0.938 bits per heavy atom. The van der Waals surface area contributed by atoms with Gasteiger partial charge in [0.15, 0.2) is 0 Å². The molecule has 4 rings (SSSR count). The highest BCUT2D eigenvalue weighted by Gasteiger charge is 2.50. The maximum atomic E-state index is 12.2. The SMILES string of the molecule is CC(C)(C)[Si](OC[C@@H]1C=C[C@H](n2ccc(=O)[nH]c2=O)S1)(c1ccccc1)c1ccccc1. The summed E-state index contributed by atoms with van der Waals surface area (Å²) in [7, 11) is -2.60. The van der Waals surface area contributed by atoms with Crippen LogP contribution in [0.5, 0.6) is 0 Å². The summed E-state index contributed by atoms with van der Waals surface area (Å²) in [5.74, 6) is 0. The van der Waals surface area contributed by atoms with Crippen molar-refractivity contribution in [2.24, 2.45) is 0 Å². The first-order valence-corrected chi connectivity index (χ1v) is 13.6. The van der Waals surface area contributed by atoms with E-state index >= 15 is 0 Å². The van der Waals surface area contributed by atoms with Crippen LogP contribution < -0.4 is 21.6 Å². The van der Waals surface area contributed by atoms with Crippen molar-refractivity contribution in [1.82, 2.24) is 9.55 Å². The van der Waals surface area contributed by atoms with Gasteiger partial charge in [-0.05, 0) is 15.4 Å².